The molecule has 2 aromatic carbocycles. The largest absolute Gasteiger partial charge is 0.462 e. The molecule has 0 aliphatic heterocycles. The van der Waals surface area contributed by atoms with Crippen LogP contribution < -0.4 is 0 Å². The second-order valence-corrected chi connectivity index (χ2v) is 5.15. The van der Waals surface area contributed by atoms with Crippen LogP contribution in [0.3, 0.4) is 0 Å². The fourth-order valence-corrected chi connectivity index (χ4v) is 2.18. The Morgan fingerprint density at radius 2 is 1.84 bits per heavy atom. The molecule has 3 heteroatoms. The lowest BCUT2D eigenvalue weighted by atomic mass is 10.1. The first-order chi connectivity index (χ1) is 9.25. The summed E-state index contributed by atoms with van der Waals surface area (Å²) in [6.07, 6.45) is 1.76. The summed E-state index contributed by atoms with van der Waals surface area (Å²) < 4.78 is 6.13. The minimum absolute atomic E-state index is 0.269. The number of halogens is 1. The lowest BCUT2D eigenvalue weighted by molar-refractivity contribution is 0.0500. The summed E-state index contributed by atoms with van der Waals surface area (Å²) in [7, 11) is 0. The quantitative estimate of drug-likeness (QED) is 0.609. The summed E-state index contributed by atoms with van der Waals surface area (Å²) in [4.78, 5) is 11.8. The highest BCUT2D eigenvalue weighted by Crippen LogP contribution is 2.12. The minimum atomic E-state index is -0.269. The summed E-state index contributed by atoms with van der Waals surface area (Å²) in [5, 5.41) is 0. The van der Waals surface area contributed by atoms with Gasteiger partial charge in [0.15, 0.2) is 0 Å². The van der Waals surface area contributed by atoms with Gasteiger partial charge in [-0.05, 0) is 36.6 Å². The van der Waals surface area contributed by atoms with Crippen LogP contribution >= 0.6 is 15.9 Å². The lowest BCUT2D eigenvalue weighted by Crippen LogP contribution is -2.07. The predicted molar refractivity (Wildman–Crippen MR) is 79.2 cm³/mol. The predicted octanol–water partition coefficient (Wildman–Crippen LogP) is 4.24. The zero-order valence-corrected chi connectivity index (χ0v) is 12.1. The van der Waals surface area contributed by atoms with Crippen LogP contribution in [-0.4, -0.2) is 12.6 Å². The third-order valence-electron chi connectivity index (χ3n) is 2.75. The number of aryl methyl sites for hydroxylation is 1. The van der Waals surface area contributed by atoms with E-state index in [0.29, 0.717) is 12.2 Å². The normalized spacial score (nSPS) is 10.2. The van der Waals surface area contributed by atoms with Gasteiger partial charge in [0, 0.05) is 4.47 Å². The molecule has 0 radical (unpaired) electrons. The monoisotopic (exact) mass is 318 g/mol. The highest BCUT2D eigenvalue weighted by molar-refractivity contribution is 9.10. The number of esters is 1. The summed E-state index contributed by atoms with van der Waals surface area (Å²) in [5.41, 5.74) is 1.84. The molecule has 0 saturated heterocycles. The van der Waals surface area contributed by atoms with Gasteiger partial charge in [-0.15, -0.1) is 0 Å². The van der Waals surface area contributed by atoms with Gasteiger partial charge < -0.3 is 4.74 Å². The minimum Gasteiger partial charge on any atom is -0.462 e. The Labute approximate surface area is 121 Å². The number of carbonyl (C=O) groups excluding carboxylic acids is 1. The Kier molecular flexibility index (Phi) is 5.16. The third-order valence-corrected chi connectivity index (χ3v) is 3.24. The number of carbonyl (C=O) groups is 1. The fourth-order valence-electron chi connectivity index (χ4n) is 1.78. The molecule has 2 aromatic rings. The molecule has 0 aliphatic rings. The maximum absolute atomic E-state index is 11.8. The third kappa shape index (κ3) is 4.52. The molecule has 0 amide bonds. The number of rotatable bonds is 5. The molecule has 0 bridgehead atoms. The van der Waals surface area contributed by atoms with Crippen LogP contribution in [0.15, 0.2) is 59.1 Å². The van der Waals surface area contributed by atoms with E-state index in [1.165, 1.54) is 5.56 Å². The van der Waals surface area contributed by atoms with Gasteiger partial charge in [0.1, 0.15) is 0 Å². The summed E-state index contributed by atoms with van der Waals surface area (Å²) in [6.45, 7) is 0.445. The second kappa shape index (κ2) is 7.10. The van der Waals surface area contributed by atoms with Crippen molar-refractivity contribution in [1.82, 2.24) is 0 Å². The van der Waals surface area contributed by atoms with Crippen molar-refractivity contribution in [3.05, 3.63) is 70.2 Å². The number of hydrogen-bond acceptors (Lipinski definition) is 2. The highest BCUT2D eigenvalue weighted by Gasteiger charge is 2.06. The first kappa shape index (κ1) is 13.8. The van der Waals surface area contributed by atoms with Crippen LogP contribution in [0.25, 0.3) is 0 Å². The Bertz CT molecular complexity index is 537. The van der Waals surface area contributed by atoms with Gasteiger partial charge in [-0.2, -0.15) is 0 Å². The topological polar surface area (TPSA) is 26.3 Å². The van der Waals surface area contributed by atoms with E-state index in [0.717, 1.165) is 17.3 Å². The molecule has 0 aromatic heterocycles. The summed E-state index contributed by atoms with van der Waals surface area (Å²) >= 11 is 3.34. The standard InChI is InChI=1S/C16H15BrO2/c17-15-10-4-9-14(12-15)16(18)19-11-5-8-13-6-2-1-3-7-13/h1-4,6-7,9-10,12H,5,8,11H2. The zero-order valence-electron chi connectivity index (χ0n) is 10.5. The van der Waals surface area contributed by atoms with Gasteiger partial charge in [-0.1, -0.05) is 52.3 Å². The molecular weight excluding hydrogens is 304 g/mol. The molecule has 0 unspecified atom stereocenters. The summed E-state index contributed by atoms with van der Waals surface area (Å²) in [5.74, 6) is -0.269. The van der Waals surface area contributed by atoms with Crippen molar-refractivity contribution in [1.29, 1.82) is 0 Å². The van der Waals surface area contributed by atoms with Crippen molar-refractivity contribution in [2.45, 2.75) is 12.8 Å². The molecule has 98 valence electrons. The first-order valence-electron chi connectivity index (χ1n) is 6.22. The molecule has 0 saturated carbocycles. The maximum Gasteiger partial charge on any atom is 0.338 e. The van der Waals surface area contributed by atoms with Crippen LogP contribution in [0.2, 0.25) is 0 Å². The van der Waals surface area contributed by atoms with Gasteiger partial charge in [-0.25, -0.2) is 4.79 Å². The van der Waals surface area contributed by atoms with Crippen molar-refractivity contribution < 1.29 is 9.53 Å². The Morgan fingerprint density at radius 1 is 1.05 bits per heavy atom. The number of ether oxygens (including phenoxy) is 1. The smallest absolute Gasteiger partial charge is 0.338 e. The Balaban J connectivity index is 1.75. The van der Waals surface area contributed by atoms with Crippen LogP contribution in [0.4, 0.5) is 0 Å². The molecule has 0 heterocycles. The average molecular weight is 319 g/mol. The molecule has 19 heavy (non-hydrogen) atoms. The second-order valence-electron chi connectivity index (χ2n) is 4.24. The van der Waals surface area contributed by atoms with E-state index in [-0.39, 0.29) is 5.97 Å². The van der Waals surface area contributed by atoms with Crippen LogP contribution in [0.1, 0.15) is 22.3 Å². The first-order valence-corrected chi connectivity index (χ1v) is 7.01. The van der Waals surface area contributed by atoms with Crippen molar-refractivity contribution in [3.63, 3.8) is 0 Å². The molecule has 0 spiro atoms. The van der Waals surface area contributed by atoms with E-state index in [4.69, 9.17) is 4.74 Å². The molecule has 0 fully saturated rings. The van der Waals surface area contributed by atoms with Crippen molar-refractivity contribution in [2.75, 3.05) is 6.61 Å². The van der Waals surface area contributed by atoms with Gasteiger partial charge in [0.2, 0.25) is 0 Å². The Hall–Kier alpha value is -1.61. The average Bonchev–Trinajstić information content (AvgIpc) is 2.44. The lowest BCUT2D eigenvalue weighted by Gasteiger charge is -2.05. The van der Waals surface area contributed by atoms with Gasteiger partial charge in [0.05, 0.1) is 12.2 Å². The van der Waals surface area contributed by atoms with Crippen molar-refractivity contribution >= 4 is 21.9 Å². The number of hydrogen-bond donors (Lipinski definition) is 0. The van der Waals surface area contributed by atoms with E-state index >= 15 is 0 Å². The number of benzene rings is 2. The zero-order chi connectivity index (χ0) is 13.5. The molecule has 2 nitrogen and oxygen atoms in total. The molecule has 0 atom stereocenters. The van der Waals surface area contributed by atoms with E-state index in [1.54, 1.807) is 12.1 Å². The molecule has 0 aliphatic carbocycles. The molecule has 0 N–H and O–H groups in total. The molecular formula is C16H15BrO2. The van der Waals surface area contributed by atoms with Crippen LogP contribution in [-0.2, 0) is 11.2 Å². The highest BCUT2D eigenvalue weighted by atomic mass is 79.9. The summed E-state index contributed by atoms with van der Waals surface area (Å²) in [6, 6.07) is 17.4. The maximum atomic E-state index is 11.8. The van der Waals surface area contributed by atoms with Crippen LogP contribution in [0.5, 0.6) is 0 Å². The van der Waals surface area contributed by atoms with Crippen LogP contribution in [0, 0.1) is 0 Å². The van der Waals surface area contributed by atoms with Gasteiger partial charge in [-0.3, -0.25) is 0 Å². The fraction of sp³-hybridized carbons (Fsp3) is 0.188. The van der Waals surface area contributed by atoms with Gasteiger partial charge >= 0.3 is 5.97 Å². The van der Waals surface area contributed by atoms with Crippen molar-refractivity contribution in [2.24, 2.45) is 0 Å². The van der Waals surface area contributed by atoms with E-state index in [1.807, 2.05) is 30.3 Å². The van der Waals surface area contributed by atoms with Crippen molar-refractivity contribution in [3.8, 4) is 0 Å². The Morgan fingerprint density at radius 3 is 2.58 bits per heavy atom. The molecule has 2 rings (SSSR count). The van der Waals surface area contributed by atoms with E-state index < -0.39 is 0 Å². The van der Waals surface area contributed by atoms with E-state index in [9.17, 15) is 4.79 Å². The van der Waals surface area contributed by atoms with Gasteiger partial charge in [0.25, 0.3) is 0 Å². The SMILES string of the molecule is O=C(OCCCc1ccccc1)c1cccc(Br)c1. The van der Waals surface area contributed by atoms with E-state index in [2.05, 4.69) is 28.1 Å².